The van der Waals surface area contributed by atoms with E-state index in [9.17, 15) is 24.3 Å². The number of hydrogen-bond donors (Lipinski definition) is 5. The van der Waals surface area contributed by atoms with Crippen molar-refractivity contribution in [1.82, 2.24) is 25.3 Å². The third kappa shape index (κ3) is 8.32. The van der Waals surface area contributed by atoms with E-state index in [0.29, 0.717) is 11.4 Å². The number of nitrogens with one attached hydrogen (secondary N) is 2. The molecule has 6 N–H and O–H groups in total. The van der Waals surface area contributed by atoms with Crippen LogP contribution in [0.25, 0.3) is 11.2 Å². The van der Waals surface area contributed by atoms with E-state index in [-0.39, 0.29) is 48.1 Å². The number of carboxylic acid groups (broad SMARTS) is 2. The van der Waals surface area contributed by atoms with Crippen molar-refractivity contribution in [3.05, 3.63) is 77.6 Å². The molecular weight excluding hydrogens is 560 g/mol. The molecule has 4 rings (SSSR count). The second-order valence-corrected chi connectivity index (χ2v) is 9.35. The Labute approximate surface area is 244 Å². The average molecular weight is 589 g/mol. The van der Waals surface area contributed by atoms with Crippen LogP contribution in [0.4, 0.5) is 22.2 Å². The van der Waals surface area contributed by atoms with Gasteiger partial charge in [0, 0.05) is 24.7 Å². The number of fused-ring (bicyclic) bond motifs is 1. The largest absolute Gasteiger partial charge is 0.481 e. The highest BCUT2D eigenvalue weighted by Crippen LogP contribution is 2.21. The van der Waals surface area contributed by atoms with Crippen LogP contribution in [0.2, 0.25) is 0 Å². The van der Waals surface area contributed by atoms with Crippen LogP contribution in [0.15, 0.2) is 60.8 Å². The Bertz CT molecular complexity index is 1630. The Morgan fingerprint density at radius 1 is 1.00 bits per heavy atom. The van der Waals surface area contributed by atoms with Gasteiger partial charge in [0.1, 0.15) is 12.6 Å². The van der Waals surface area contributed by atoms with Gasteiger partial charge in [-0.1, -0.05) is 30.3 Å². The van der Waals surface area contributed by atoms with Crippen molar-refractivity contribution < 1.29 is 34.1 Å². The molecule has 2 amide bonds. The van der Waals surface area contributed by atoms with Crippen LogP contribution in [0.3, 0.4) is 0 Å². The van der Waals surface area contributed by atoms with Gasteiger partial charge in [-0.2, -0.15) is 9.97 Å². The van der Waals surface area contributed by atoms with Gasteiger partial charge >= 0.3 is 18.0 Å². The molecule has 0 radical (unpaired) electrons. The monoisotopic (exact) mass is 588 g/mol. The fraction of sp³-hybridized carbons (Fsp3) is 0.214. The van der Waals surface area contributed by atoms with Crippen LogP contribution in [0.1, 0.15) is 34.5 Å². The topological polar surface area (TPSA) is 223 Å². The molecule has 0 unspecified atom stereocenters. The lowest BCUT2D eigenvalue weighted by molar-refractivity contribution is -0.140. The van der Waals surface area contributed by atoms with E-state index in [0.717, 1.165) is 5.56 Å². The molecule has 15 nitrogen and oxygen atoms in total. The number of amides is 2. The molecular formula is C28H28N8O7. The van der Waals surface area contributed by atoms with Gasteiger partial charge in [0.15, 0.2) is 17.0 Å². The highest BCUT2D eigenvalue weighted by molar-refractivity contribution is 5.97. The van der Waals surface area contributed by atoms with Crippen LogP contribution in [0, 0.1) is 0 Å². The first-order valence-corrected chi connectivity index (χ1v) is 12.9. The zero-order chi connectivity index (χ0) is 30.9. The van der Waals surface area contributed by atoms with E-state index in [1.54, 1.807) is 19.2 Å². The Morgan fingerprint density at radius 3 is 2.40 bits per heavy atom. The van der Waals surface area contributed by atoms with Crippen LogP contribution >= 0.6 is 0 Å². The normalized spacial score (nSPS) is 11.4. The number of carbonyl (C=O) groups excluding carboxylic acids is 2. The first kappa shape index (κ1) is 30.1. The maximum Gasteiger partial charge on any atom is 0.413 e. The van der Waals surface area contributed by atoms with Crippen LogP contribution in [0.5, 0.6) is 0 Å². The van der Waals surface area contributed by atoms with Gasteiger partial charge in [-0.25, -0.2) is 19.6 Å². The summed E-state index contributed by atoms with van der Waals surface area (Å²) in [5, 5.41) is 23.0. The predicted octanol–water partition coefficient (Wildman–Crippen LogP) is 2.43. The van der Waals surface area contributed by atoms with Crippen LogP contribution < -0.4 is 21.3 Å². The minimum Gasteiger partial charge on any atom is -0.481 e. The smallest absolute Gasteiger partial charge is 0.413 e. The fourth-order valence-corrected chi connectivity index (χ4v) is 3.95. The number of nitrogens with two attached hydrogens (primary N) is 1. The maximum absolute atomic E-state index is 12.5. The highest BCUT2D eigenvalue weighted by atomic mass is 16.5. The van der Waals surface area contributed by atoms with Crippen molar-refractivity contribution in [1.29, 1.82) is 0 Å². The molecule has 43 heavy (non-hydrogen) atoms. The van der Waals surface area contributed by atoms with E-state index in [4.69, 9.17) is 15.6 Å². The first-order chi connectivity index (χ1) is 20.6. The van der Waals surface area contributed by atoms with Crippen LogP contribution in [-0.4, -0.2) is 67.2 Å². The van der Waals surface area contributed by atoms with Gasteiger partial charge in [-0.05, 0) is 36.2 Å². The fourth-order valence-electron chi connectivity index (χ4n) is 3.95. The maximum atomic E-state index is 12.5. The summed E-state index contributed by atoms with van der Waals surface area (Å²) in [6.45, 7) is 0.325. The van der Waals surface area contributed by atoms with E-state index >= 15 is 0 Å². The quantitative estimate of drug-likeness (QED) is 0.161. The number of aromatic nitrogens is 4. The number of ether oxygens (including phenoxy) is 1. The van der Waals surface area contributed by atoms with Gasteiger partial charge in [0.2, 0.25) is 5.95 Å². The second-order valence-electron chi connectivity index (χ2n) is 9.35. The summed E-state index contributed by atoms with van der Waals surface area (Å²) in [5.74, 6) is -3.19. The van der Waals surface area contributed by atoms with Crippen molar-refractivity contribution in [2.45, 2.75) is 32.0 Å². The van der Waals surface area contributed by atoms with Crippen molar-refractivity contribution in [3.8, 4) is 0 Å². The highest BCUT2D eigenvalue weighted by Gasteiger charge is 2.22. The standard InChI is InChI=1S/C28H28N8O7/c1-36(19-9-7-17(8-10-19)25(39)32-20(26(40)41)11-12-21(37)38)14-18-13-30-23-22(31-18)24(34-27(29)33-23)35-28(42)43-15-16-5-3-2-4-6-16/h2-10,13,20H,11-12,14-15H2,1H3,(H,32,39)(H,37,38)(H,40,41)(H3,29,30,33,34,35,42)/t20-/m0/s1. The Morgan fingerprint density at radius 2 is 1.72 bits per heavy atom. The van der Waals surface area contributed by atoms with Gasteiger partial charge in [0.05, 0.1) is 18.4 Å². The number of nitrogens with zero attached hydrogens (tertiary/aromatic N) is 5. The summed E-state index contributed by atoms with van der Waals surface area (Å²) in [4.78, 5) is 66.0. The summed E-state index contributed by atoms with van der Waals surface area (Å²) in [6, 6.07) is 14.2. The number of carboxylic acids is 2. The zero-order valence-electron chi connectivity index (χ0n) is 22.9. The molecule has 0 fully saturated rings. The minimum atomic E-state index is -1.33. The SMILES string of the molecule is CN(Cc1cnc2nc(N)nc(NC(=O)OCc3ccccc3)c2n1)c1ccc(C(=O)N[C@@H](CCC(=O)O)C(=O)O)cc1. The molecule has 2 aromatic carbocycles. The number of nitrogen functional groups attached to an aromatic ring is 1. The molecule has 1 atom stereocenters. The summed E-state index contributed by atoms with van der Waals surface area (Å²) in [5.41, 5.74) is 8.40. The molecule has 0 aliphatic heterocycles. The first-order valence-electron chi connectivity index (χ1n) is 12.9. The number of aliphatic carboxylic acids is 2. The van der Waals surface area contributed by atoms with E-state index in [1.165, 1.54) is 18.3 Å². The number of rotatable bonds is 12. The lowest BCUT2D eigenvalue weighted by Gasteiger charge is -2.19. The zero-order valence-corrected chi connectivity index (χ0v) is 22.9. The van der Waals surface area contributed by atoms with Crippen LogP contribution in [-0.2, 0) is 27.5 Å². The Hall–Kier alpha value is -5.86. The number of anilines is 3. The van der Waals surface area contributed by atoms with Crippen molar-refractivity contribution >= 4 is 52.6 Å². The lowest BCUT2D eigenvalue weighted by Crippen LogP contribution is -2.41. The summed E-state index contributed by atoms with van der Waals surface area (Å²) < 4.78 is 5.27. The number of carbonyl (C=O) groups is 4. The molecule has 2 heterocycles. The van der Waals surface area contributed by atoms with Crippen molar-refractivity contribution in [3.63, 3.8) is 0 Å². The predicted molar refractivity (Wildman–Crippen MR) is 154 cm³/mol. The summed E-state index contributed by atoms with van der Waals surface area (Å²) in [7, 11) is 1.78. The van der Waals surface area contributed by atoms with E-state index < -0.39 is 36.4 Å². The molecule has 0 bridgehead atoms. The van der Waals surface area contributed by atoms with Gasteiger partial charge in [-0.15, -0.1) is 0 Å². The molecule has 15 heteroatoms. The summed E-state index contributed by atoms with van der Waals surface area (Å²) >= 11 is 0. The van der Waals surface area contributed by atoms with Gasteiger partial charge in [-0.3, -0.25) is 14.9 Å². The van der Waals surface area contributed by atoms with Crippen molar-refractivity contribution in [2.75, 3.05) is 23.0 Å². The molecule has 0 spiro atoms. The molecule has 2 aromatic heterocycles. The third-order valence-corrected chi connectivity index (χ3v) is 6.13. The lowest BCUT2D eigenvalue weighted by atomic mass is 10.1. The summed E-state index contributed by atoms with van der Waals surface area (Å²) in [6.07, 6.45) is 0.114. The van der Waals surface area contributed by atoms with E-state index in [2.05, 4.69) is 30.6 Å². The molecule has 4 aromatic rings. The Kier molecular flexibility index (Phi) is 9.57. The minimum absolute atomic E-state index is 0.0379. The second kappa shape index (κ2) is 13.7. The number of benzene rings is 2. The molecule has 222 valence electrons. The van der Waals surface area contributed by atoms with E-state index in [1.807, 2.05) is 35.2 Å². The third-order valence-electron chi connectivity index (χ3n) is 6.13. The van der Waals surface area contributed by atoms with Gasteiger partial charge < -0.3 is 30.9 Å². The number of hydrogen-bond acceptors (Lipinski definition) is 11. The molecule has 0 aliphatic carbocycles. The van der Waals surface area contributed by atoms with Gasteiger partial charge in [0.25, 0.3) is 5.91 Å². The van der Waals surface area contributed by atoms with Crippen molar-refractivity contribution in [2.24, 2.45) is 0 Å². The molecule has 0 saturated carbocycles. The Balaban J connectivity index is 1.43. The molecule has 0 aliphatic rings. The average Bonchev–Trinajstić information content (AvgIpc) is 2.98. The molecule has 0 saturated heterocycles.